The van der Waals surface area contributed by atoms with E-state index in [-0.39, 0.29) is 16.3 Å². The van der Waals surface area contributed by atoms with E-state index in [0.29, 0.717) is 0 Å². The third-order valence-corrected chi connectivity index (χ3v) is 2.92. The molecule has 0 aliphatic carbocycles. The van der Waals surface area contributed by atoms with Gasteiger partial charge in [0.05, 0.1) is 7.11 Å². The summed E-state index contributed by atoms with van der Waals surface area (Å²) in [5.74, 6) is -0.200. The van der Waals surface area contributed by atoms with Crippen LogP contribution in [0.2, 0.25) is 0 Å². The fourth-order valence-electron chi connectivity index (χ4n) is 1.09. The van der Waals surface area contributed by atoms with Gasteiger partial charge in [-0.25, -0.2) is 13.6 Å². The molecule has 0 fully saturated rings. The second-order valence-corrected chi connectivity index (χ2v) is 4.81. The second kappa shape index (κ2) is 4.60. The first-order chi connectivity index (χ1) is 7.36. The summed E-state index contributed by atoms with van der Waals surface area (Å²) in [7, 11) is -5.50. The summed E-state index contributed by atoms with van der Waals surface area (Å²) in [4.78, 5) is -0.318. The second-order valence-electron chi connectivity index (χ2n) is 2.66. The van der Waals surface area contributed by atoms with Crippen LogP contribution in [0.1, 0.15) is 0 Å². The molecular formula is C7H8N2O5S2. The van der Waals surface area contributed by atoms with Crippen molar-refractivity contribution in [1.82, 2.24) is 0 Å². The fourth-order valence-corrected chi connectivity index (χ4v) is 2.10. The number of hydrogen-bond acceptors (Lipinski definition) is 6. The van der Waals surface area contributed by atoms with E-state index in [1.165, 1.54) is 25.3 Å². The van der Waals surface area contributed by atoms with Gasteiger partial charge >= 0.3 is 10.5 Å². The van der Waals surface area contributed by atoms with Gasteiger partial charge in [-0.2, -0.15) is 8.42 Å². The number of nitrogens with two attached hydrogens (primary N) is 1. The van der Waals surface area contributed by atoms with E-state index in [0.717, 1.165) is 0 Å². The normalized spacial score (nSPS) is 10.9. The minimum atomic E-state index is -3.99. The van der Waals surface area contributed by atoms with Crippen LogP contribution in [0, 0.1) is 0 Å². The summed E-state index contributed by atoms with van der Waals surface area (Å²) in [6, 6.07) is 3.80. The Bertz CT molecular complexity index is 625. The topological polar surface area (TPSA) is 116 Å². The van der Waals surface area contributed by atoms with Gasteiger partial charge in [-0.05, 0) is 12.1 Å². The van der Waals surface area contributed by atoms with Crippen molar-refractivity contribution in [2.75, 3.05) is 7.11 Å². The van der Waals surface area contributed by atoms with Crippen LogP contribution in [0.3, 0.4) is 0 Å². The number of ether oxygens (including phenoxy) is 1. The molecule has 0 aromatic heterocycles. The van der Waals surface area contributed by atoms with Gasteiger partial charge in [0.15, 0.2) is 5.75 Å². The van der Waals surface area contributed by atoms with E-state index < -0.39 is 20.5 Å². The molecule has 0 atom stereocenters. The quantitative estimate of drug-likeness (QED) is 0.827. The first-order valence-electron chi connectivity index (χ1n) is 3.87. The lowest BCUT2D eigenvalue weighted by Crippen LogP contribution is -2.13. The lowest BCUT2D eigenvalue weighted by Gasteiger charge is -2.07. The Morgan fingerprint density at radius 2 is 2.00 bits per heavy atom. The zero-order valence-electron chi connectivity index (χ0n) is 8.11. The molecule has 9 heteroatoms. The van der Waals surface area contributed by atoms with Gasteiger partial charge in [0, 0.05) is 0 Å². The molecule has 1 aromatic rings. The maximum Gasteiger partial charge on any atom is 0.316 e. The zero-order valence-corrected chi connectivity index (χ0v) is 9.75. The number of nitrogens with zero attached hydrogens (tertiary/aromatic N) is 1. The molecule has 0 radical (unpaired) electrons. The molecule has 0 spiro atoms. The predicted octanol–water partition coefficient (Wildman–Crippen LogP) is 0.0368. The maximum atomic E-state index is 11.2. The van der Waals surface area contributed by atoms with E-state index in [4.69, 9.17) is 9.88 Å². The third-order valence-electron chi connectivity index (χ3n) is 1.64. The number of sulfonamides is 1. The van der Waals surface area contributed by atoms with E-state index in [9.17, 15) is 16.8 Å². The molecule has 0 saturated carbocycles. The zero-order chi connectivity index (χ0) is 12.3. The van der Waals surface area contributed by atoms with E-state index in [1.54, 1.807) is 0 Å². The summed E-state index contributed by atoms with van der Waals surface area (Å²) in [6.07, 6.45) is 0. The van der Waals surface area contributed by atoms with Crippen LogP contribution in [0.15, 0.2) is 27.5 Å². The van der Waals surface area contributed by atoms with Crippen LogP contribution in [0.5, 0.6) is 5.75 Å². The van der Waals surface area contributed by atoms with Crippen LogP contribution in [-0.2, 0) is 20.5 Å². The number of hydrogen-bond donors (Lipinski definition) is 1. The van der Waals surface area contributed by atoms with Crippen molar-refractivity contribution in [2.45, 2.75) is 4.90 Å². The summed E-state index contributed by atoms with van der Waals surface area (Å²) >= 11 is 0. The highest BCUT2D eigenvalue weighted by molar-refractivity contribution is 7.89. The van der Waals surface area contributed by atoms with Crippen molar-refractivity contribution in [2.24, 2.45) is 9.50 Å². The van der Waals surface area contributed by atoms with Crippen molar-refractivity contribution < 1.29 is 21.6 Å². The van der Waals surface area contributed by atoms with Gasteiger partial charge in [0.25, 0.3) is 0 Å². The van der Waals surface area contributed by atoms with Crippen molar-refractivity contribution in [3.05, 3.63) is 18.2 Å². The number of methoxy groups -OCH3 is 1. The minimum Gasteiger partial charge on any atom is -0.493 e. The van der Waals surface area contributed by atoms with Gasteiger partial charge in [-0.3, -0.25) is 0 Å². The summed E-state index contributed by atoms with van der Waals surface area (Å²) in [5.41, 5.74) is -0.123. The monoisotopic (exact) mass is 264 g/mol. The Labute approximate surface area is 93.6 Å². The molecule has 7 nitrogen and oxygen atoms in total. The smallest absolute Gasteiger partial charge is 0.316 e. The number of benzene rings is 1. The van der Waals surface area contributed by atoms with Crippen LogP contribution in [-0.4, -0.2) is 23.9 Å². The molecule has 0 aliphatic rings. The minimum absolute atomic E-state index is 0.123. The molecule has 1 rings (SSSR count). The summed E-state index contributed by atoms with van der Waals surface area (Å²) in [5, 5.41) is 4.93. The number of para-hydroxylation sites is 1. The van der Waals surface area contributed by atoms with Crippen molar-refractivity contribution in [1.29, 1.82) is 0 Å². The van der Waals surface area contributed by atoms with E-state index >= 15 is 0 Å². The third kappa shape index (κ3) is 2.78. The molecule has 0 unspecified atom stereocenters. The summed E-state index contributed by atoms with van der Waals surface area (Å²) < 4.78 is 51.0. The van der Waals surface area contributed by atoms with Gasteiger partial charge in [-0.1, -0.05) is 6.07 Å². The molecule has 0 saturated heterocycles. The van der Waals surface area contributed by atoms with Gasteiger partial charge in [-0.15, -0.1) is 4.36 Å². The predicted molar refractivity (Wildman–Crippen MR) is 55.4 cm³/mol. The lowest BCUT2D eigenvalue weighted by atomic mass is 10.3. The SMILES string of the molecule is COc1c(N=S(=O)=O)cccc1S(N)(=O)=O. The highest BCUT2D eigenvalue weighted by Crippen LogP contribution is 2.33. The molecule has 2 N–H and O–H groups in total. The fraction of sp³-hybridized carbons (Fsp3) is 0.143. The van der Waals surface area contributed by atoms with Crippen LogP contribution >= 0.6 is 0 Å². The average molecular weight is 264 g/mol. The van der Waals surface area contributed by atoms with Crippen LogP contribution in [0.25, 0.3) is 0 Å². The van der Waals surface area contributed by atoms with Crippen molar-refractivity contribution in [3.63, 3.8) is 0 Å². The number of rotatable bonds is 3. The molecule has 1 aromatic carbocycles. The molecule has 16 heavy (non-hydrogen) atoms. The average Bonchev–Trinajstić information content (AvgIpc) is 2.15. The molecule has 0 amide bonds. The van der Waals surface area contributed by atoms with Crippen LogP contribution in [0.4, 0.5) is 5.69 Å². The Morgan fingerprint density at radius 1 is 1.38 bits per heavy atom. The standard InChI is InChI=1S/C7H8N2O5S2/c1-14-7-5(9-15(10)11)3-2-4-6(7)16(8,12)13/h2-4H,1H3,(H2,8,12,13). The van der Waals surface area contributed by atoms with Gasteiger partial charge in [0.1, 0.15) is 10.6 Å². The maximum absolute atomic E-state index is 11.2. The Hall–Kier alpha value is -1.45. The highest BCUT2D eigenvalue weighted by Gasteiger charge is 2.17. The van der Waals surface area contributed by atoms with E-state index in [1.807, 2.05) is 0 Å². The molecule has 88 valence electrons. The Morgan fingerprint density at radius 3 is 2.44 bits per heavy atom. The first-order valence-corrected chi connectivity index (χ1v) is 6.45. The molecular weight excluding hydrogens is 256 g/mol. The highest BCUT2D eigenvalue weighted by atomic mass is 32.2. The van der Waals surface area contributed by atoms with E-state index in [2.05, 4.69) is 4.36 Å². The van der Waals surface area contributed by atoms with Gasteiger partial charge < -0.3 is 4.74 Å². The van der Waals surface area contributed by atoms with Crippen molar-refractivity contribution in [3.8, 4) is 5.75 Å². The molecule has 0 heterocycles. The largest absolute Gasteiger partial charge is 0.493 e. The Balaban J connectivity index is 3.63. The van der Waals surface area contributed by atoms with Crippen molar-refractivity contribution >= 4 is 26.2 Å². The summed E-state index contributed by atoms with van der Waals surface area (Å²) in [6.45, 7) is 0. The molecule has 0 bridgehead atoms. The van der Waals surface area contributed by atoms with Gasteiger partial charge in [0.2, 0.25) is 10.0 Å². The lowest BCUT2D eigenvalue weighted by molar-refractivity contribution is 0.404. The Kier molecular flexibility index (Phi) is 3.62. The first kappa shape index (κ1) is 12.6. The molecule has 0 aliphatic heterocycles. The van der Waals surface area contributed by atoms with Crippen LogP contribution < -0.4 is 9.88 Å². The number of primary sulfonamides is 1.